The van der Waals surface area contributed by atoms with Crippen LogP contribution >= 0.6 is 11.8 Å². The molecule has 1 aromatic heterocycles. The van der Waals surface area contributed by atoms with Gasteiger partial charge in [-0.25, -0.2) is 9.78 Å². The van der Waals surface area contributed by atoms with Crippen LogP contribution in [0.15, 0.2) is 12.5 Å². The van der Waals surface area contributed by atoms with Crippen LogP contribution in [-0.4, -0.2) is 181 Å². The van der Waals surface area contributed by atoms with Gasteiger partial charge in [-0.05, 0) is 81.6 Å². The number of nitrogens with two attached hydrogens (primary N) is 1. The number of aliphatic carboxylic acids is 1. The third-order valence-corrected chi connectivity index (χ3v) is 13.7. The number of carboxylic acids is 1. The molecule has 0 saturated carbocycles. The molecule has 2 fully saturated rings. The molecule has 2 aliphatic heterocycles. The fraction of sp³-hybridized carbons (Fsp3) is 0.714. The van der Waals surface area contributed by atoms with Gasteiger partial charge in [0.15, 0.2) is 0 Å². The topological polar surface area (TPSA) is 374 Å². The van der Waals surface area contributed by atoms with Crippen LogP contribution in [0.25, 0.3) is 0 Å². The Balaban J connectivity index is 1.75. The van der Waals surface area contributed by atoms with Crippen LogP contribution in [0.4, 0.5) is 0 Å². The number of amides is 10. The molecule has 420 valence electrons. The number of carboxylic acid groups (broad SMARTS) is 1. The van der Waals surface area contributed by atoms with Crippen LogP contribution in [0.3, 0.4) is 0 Å². The molecule has 0 aromatic carbocycles. The Morgan fingerprint density at radius 3 is 1.84 bits per heavy atom. The van der Waals surface area contributed by atoms with Crippen LogP contribution in [0.2, 0.25) is 0 Å². The number of aromatic amines is 1. The van der Waals surface area contributed by atoms with Gasteiger partial charge in [-0.3, -0.25) is 47.9 Å². The average Bonchev–Trinajstić information content (AvgIpc) is 4.14. The predicted octanol–water partition coefficient (Wildman–Crippen LogP) is -1.42. The molecule has 10 atom stereocenters. The van der Waals surface area contributed by atoms with E-state index < -0.39 is 144 Å². The first-order valence-electron chi connectivity index (χ1n) is 25.6. The highest BCUT2D eigenvalue weighted by Gasteiger charge is 2.41. The van der Waals surface area contributed by atoms with Crippen molar-refractivity contribution in [3.63, 3.8) is 0 Å². The largest absolute Gasteiger partial charge is 0.480 e. The van der Waals surface area contributed by atoms with Crippen molar-refractivity contribution in [2.45, 2.75) is 180 Å². The Labute approximate surface area is 442 Å². The van der Waals surface area contributed by atoms with Gasteiger partial charge in [0.25, 0.3) is 0 Å². The van der Waals surface area contributed by atoms with Crippen LogP contribution in [0.1, 0.15) is 119 Å². The maximum Gasteiger partial charge on any atom is 0.326 e. The molecule has 75 heavy (non-hydrogen) atoms. The quantitative estimate of drug-likeness (QED) is 0.0421. The molecule has 0 spiro atoms. The summed E-state index contributed by atoms with van der Waals surface area (Å²) in [6.07, 6.45) is 3.76. The Morgan fingerprint density at radius 2 is 1.29 bits per heavy atom. The number of aromatic nitrogens is 2. The number of carbonyl (C=O) groups excluding carboxylic acids is 10. The van der Waals surface area contributed by atoms with E-state index >= 15 is 0 Å². The first kappa shape index (κ1) is 63.0. The van der Waals surface area contributed by atoms with E-state index in [4.69, 9.17) is 5.73 Å². The first-order valence-corrected chi connectivity index (χ1v) is 27.0. The second-order valence-corrected chi connectivity index (χ2v) is 21.4. The number of H-pyrrole nitrogens is 1. The summed E-state index contributed by atoms with van der Waals surface area (Å²) in [6, 6.07) is -10.2. The molecule has 0 aliphatic carbocycles. The van der Waals surface area contributed by atoms with Crippen molar-refractivity contribution in [2.24, 2.45) is 23.5 Å². The van der Waals surface area contributed by atoms with Crippen molar-refractivity contribution in [3.8, 4) is 0 Å². The Morgan fingerprint density at radius 1 is 0.733 bits per heavy atom. The highest BCUT2D eigenvalue weighted by Crippen LogP contribution is 2.22. The highest BCUT2D eigenvalue weighted by molar-refractivity contribution is 7.98. The Kier molecular flexibility index (Phi) is 25.4. The molecule has 2 saturated heterocycles. The zero-order chi connectivity index (χ0) is 56.3. The summed E-state index contributed by atoms with van der Waals surface area (Å²) in [6.45, 7) is 13.5. The zero-order valence-electron chi connectivity index (χ0n) is 44.6. The van der Waals surface area contributed by atoms with Crippen LogP contribution in [0, 0.1) is 17.8 Å². The zero-order valence-corrected chi connectivity index (χ0v) is 45.4. The summed E-state index contributed by atoms with van der Waals surface area (Å²) in [5.41, 5.74) is 5.90. The fourth-order valence-electron chi connectivity index (χ4n) is 9.06. The van der Waals surface area contributed by atoms with Crippen molar-refractivity contribution in [1.82, 2.24) is 57.0 Å². The van der Waals surface area contributed by atoms with Gasteiger partial charge in [0.2, 0.25) is 59.1 Å². The number of likely N-dealkylation sites (tertiary alicyclic amines) is 2. The minimum Gasteiger partial charge on any atom is -0.480 e. The SMILES string of the molecule is CSCC[C@H](NC(=O)[C@@H](NC(=O)C[C@H](O)[C@H](CC(C)C)NC(=O)[C@@H](NC(=O)[C@H](CCC(N)=O)NC(=O)[C@@H]1CCCN1C(=O)[C@H](C)NC(C)=O)C(C)C)C(C)C)C(=O)N[C@@H](Cc1cnc[nH]1)C(=O)N1CCC[C@H]1C(=O)O. The Hall–Kier alpha value is -6.31. The number of nitrogens with zero attached hydrogens (tertiary/aromatic N) is 3. The lowest BCUT2D eigenvalue weighted by Crippen LogP contribution is -2.60. The third-order valence-electron chi connectivity index (χ3n) is 13.0. The molecule has 26 heteroatoms. The molecular formula is C49H80N12O13S. The van der Waals surface area contributed by atoms with E-state index in [1.807, 2.05) is 13.8 Å². The highest BCUT2D eigenvalue weighted by atomic mass is 32.2. The van der Waals surface area contributed by atoms with Crippen molar-refractivity contribution in [2.75, 3.05) is 25.1 Å². The van der Waals surface area contributed by atoms with Crippen LogP contribution in [-0.2, 0) is 59.2 Å². The molecule has 2 aliphatic rings. The molecule has 1 aromatic rings. The van der Waals surface area contributed by atoms with E-state index in [1.54, 1.807) is 34.0 Å². The van der Waals surface area contributed by atoms with E-state index in [0.717, 1.165) is 0 Å². The van der Waals surface area contributed by atoms with Gasteiger partial charge < -0.3 is 67.9 Å². The van der Waals surface area contributed by atoms with Crippen molar-refractivity contribution in [3.05, 3.63) is 18.2 Å². The number of carbonyl (C=O) groups is 11. The van der Waals surface area contributed by atoms with Gasteiger partial charge in [0.05, 0.1) is 24.9 Å². The van der Waals surface area contributed by atoms with Crippen molar-refractivity contribution < 1.29 is 63.0 Å². The number of aliphatic hydroxyl groups excluding tert-OH is 1. The van der Waals surface area contributed by atoms with Gasteiger partial charge in [0.1, 0.15) is 48.3 Å². The molecular weight excluding hydrogens is 997 g/mol. The number of nitrogens with one attached hydrogen (secondary N) is 8. The first-order chi connectivity index (χ1) is 35.2. The molecule has 3 rings (SSSR count). The van der Waals surface area contributed by atoms with E-state index in [0.29, 0.717) is 24.3 Å². The number of hydrogen-bond donors (Lipinski definition) is 11. The van der Waals surface area contributed by atoms with Gasteiger partial charge in [-0.15, -0.1) is 0 Å². The smallest absolute Gasteiger partial charge is 0.326 e. The number of hydrogen-bond acceptors (Lipinski definition) is 14. The van der Waals surface area contributed by atoms with Crippen LogP contribution in [0.5, 0.6) is 0 Å². The number of primary amides is 1. The van der Waals surface area contributed by atoms with Gasteiger partial charge in [0, 0.05) is 44.7 Å². The van der Waals surface area contributed by atoms with Gasteiger partial charge in [-0.1, -0.05) is 41.5 Å². The lowest BCUT2D eigenvalue weighted by molar-refractivity contribution is -0.149. The molecule has 0 radical (unpaired) electrons. The summed E-state index contributed by atoms with van der Waals surface area (Å²) in [5, 5.41) is 40.0. The second-order valence-electron chi connectivity index (χ2n) is 20.4. The average molecular weight is 1080 g/mol. The number of thioether (sulfide) groups is 1. The summed E-state index contributed by atoms with van der Waals surface area (Å²) in [4.78, 5) is 155. The van der Waals surface area contributed by atoms with Crippen LogP contribution < -0.4 is 43.0 Å². The minimum absolute atomic E-state index is 0.0402. The van der Waals surface area contributed by atoms with Gasteiger partial charge in [-0.2, -0.15) is 11.8 Å². The van der Waals surface area contributed by atoms with Gasteiger partial charge >= 0.3 is 5.97 Å². The van der Waals surface area contributed by atoms with E-state index in [-0.39, 0.29) is 64.0 Å². The molecule has 10 amide bonds. The van der Waals surface area contributed by atoms with Crippen molar-refractivity contribution >= 4 is 76.8 Å². The maximum absolute atomic E-state index is 14.1. The standard InChI is InChI=1S/C49H80N12O13S/c1-25(2)20-33(56-46(70)41(27(5)6)59-43(67)31(14-15-38(50)64)54-44(68)35-12-10-17-60(35)47(71)28(7)53-29(8)62)37(63)22-39(65)58-40(26(3)4)45(69)55-32(16-19-75-9)42(66)57-34(21-30-23-51-24-52-30)48(72)61-18-11-13-36(61)49(73)74/h23-28,31-37,40-41,63H,10-22H2,1-9H3,(H2,50,64)(H,51,52)(H,53,62)(H,54,68)(H,55,69)(H,56,70)(H,57,66)(H,58,65)(H,59,67)(H,73,74)/t28-,31-,32-,33-,34-,35-,36-,37-,40-,41-/m0/s1. The molecule has 25 nitrogen and oxygen atoms in total. The third kappa shape index (κ3) is 19.7. The summed E-state index contributed by atoms with van der Waals surface area (Å²) < 4.78 is 0. The van der Waals surface area contributed by atoms with E-state index in [1.165, 1.54) is 47.9 Å². The molecule has 12 N–H and O–H groups in total. The lowest BCUT2D eigenvalue weighted by atomic mass is 9.95. The maximum atomic E-state index is 14.1. The normalized spacial score (nSPS) is 18.7. The number of imidazole rings is 1. The molecule has 0 bridgehead atoms. The van der Waals surface area contributed by atoms with Crippen molar-refractivity contribution in [1.29, 1.82) is 0 Å². The van der Waals surface area contributed by atoms with E-state index in [2.05, 4.69) is 47.2 Å². The second kappa shape index (κ2) is 30.3. The molecule has 0 unspecified atom stereocenters. The molecule has 3 heterocycles. The minimum atomic E-state index is -1.51. The summed E-state index contributed by atoms with van der Waals surface area (Å²) in [7, 11) is 0. The number of rotatable bonds is 30. The summed E-state index contributed by atoms with van der Waals surface area (Å²) in [5.74, 6) is -8.71. The summed E-state index contributed by atoms with van der Waals surface area (Å²) >= 11 is 1.41. The Bertz CT molecular complexity index is 2160. The number of aliphatic hydroxyl groups is 1. The predicted molar refractivity (Wildman–Crippen MR) is 275 cm³/mol. The van der Waals surface area contributed by atoms with E-state index in [9.17, 15) is 63.0 Å². The monoisotopic (exact) mass is 1080 g/mol. The fourth-order valence-corrected chi connectivity index (χ4v) is 9.54. The lowest BCUT2D eigenvalue weighted by Gasteiger charge is -2.31.